The van der Waals surface area contributed by atoms with E-state index >= 15 is 0 Å². The predicted molar refractivity (Wildman–Crippen MR) is 103 cm³/mol. The Morgan fingerprint density at radius 3 is 2.89 bits per heavy atom. The summed E-state index contributed by atoms with van der Waals surface area (Å²) < 4.78 is 12.2. The molecule has 0 bridgehead atoms. The highest BCUT2D eigenvalue weighted by atomic mass is 16.5. The van der Waals surface area contributed by atoms with Gasteiger partial charge in [-0.1, -0.05) is 17.3 Å². The van der Waals surface area contributed by atoms with Crippen LogP contribution in [0.1, 0.15) is 40.5 Å². The van der Waals surface area contributed by atoms with Gasteiger partial charge in [0.15, 0.2) is 5.76 Å². The lowest BCUT2D eigenvalue weighted by molar-refractivity contribution is 0.0947. The van der Waals surface area contributed by atoms with Crippen molar-refractivity contribution in [1.82, 2.24) is 15.0 Å². The third kappa shape index (κ3) is 3.55. The van der Waals surface area contributed by atoms with Gasteiger partial charge in [0.2, 0.25) is 0 Å². The highest BCUT2D eigenvalue weighted by Crippen LogP contribution is 2.33. The molecule has 1 fully saturated rings. The minimum Gasteiger partial charge on any atom is -0.497 e. The topological polar surface area (TPSA) is 86.4 Å². The second-order valence-electron chi connectivity index (χ2n) is 6.91. The molecule has 144 valence electrons. The summed E-state index contributed by atoms with van der Waals surface area (Å²) in [6.07, 6.45) is 3.73. The molecule has 3 aromatic rings. The lowest BCUT2D eigenvalue weighted by Gasteiger charge is -2.09. The van der Waals surface area contributed by atoms with E-state index in [1.807, 2.05) is 30.3 Å². The standard InChI is InChI=1S/C21H21N3O4/c1-13-8-9-24(16-6-7-16)21(26)19(13)20(25)22-12-15-11-18(28-23-15)14-4-3-5-17(10-14)27-2/h3-5,8-11,16H,6-7,12H2,1-2H3,(H,22,25). The molecule has 7 nitrogen and oxygen atoms in total. The molecule has 7 heteroatoms. The van der Waals surface area contributed by atoms with Gasteiger partial charge in [-0.05, 0) is 43.5 Å². The van der Waals surface area contributed by atoms with E-state index in [0.717, 1.165) is 24.2 Å². The van der Waals surface area contributed by atoms with E-state index in [1.54, 1.807) is 30.9 Å². The average Bonchev–Trinajstić information content (AvgIpc) is 3.43. The van der Waals surface area contributed by atoms with Crippen LogP contribution in [0, 0.1) is 6.92 Å². The van der Waals surface area contributed by atoms with Crippen molar-refractivity contribution >= 4 is 5.91 Å². The van der Waals surface area contributed by atoms with Crippen LogP contribution in [0.4, 0.5) is 0 Å². The Morgan fingerprint density at radius 1 is 1.32 bits per heavy atom. The molecule has 1 aromatic carbocycles. The van der Waals surface area contributed by atoms with Gasteiger partial charge in [0.1, 0.15) is 17.0 Å². The quantitative estimate of drug-likeness (QED) is 0.711. The molecule has 0 unspecified atom stereocenters. The first-order chi connectivity index (χ1) is 13.6. The van der Waals surface area contributed by atoms with E-state index in [0.29, 0.717) is 17.0 Å². The molecule has 1 saturated carbocycles. The van der Waals surface area contributed by atoms with Crippen molar-refractivity contribution in [3.63, 3.8) is 0 Å². The zero-order valence-electron chi connectivity index (χ0n) is 15.8. The second kappa shape index (κ2) is 7.34. The summed E-state index contributed by atoms with van der Waals surface area (Å²) in [5, 5.41) is 6.77. The molecule has 1 amide bonds. The number of carbonyl (C=O) groups excluding carboxylic acids is 1. The zero-order valence-corrected chi connectivity index (χ0v) is 15.8. The average molecular weight is 379 g/mol. The first-order valence-electron chi connectivity index (χ1n) is 9.17. The summed E-state index contributed by atoms with van der Waals surface area (Å²) in [4.78, 5) is 25.2. The molecule has 1 aliphatic carbocycles. The molecule has 0 aliphatic heterocycles. The van der Waals surface area contributed by atoms with Crippen LogP contribution in [-0.4, -0.2) is 22.7 Å². The number of rotatable bonds is 6. The molecule has 1 N–H and O–H groups in total. The number of carbonyl (C=O) groups is 1. The number of aromatic nitrogens is 2. The zero-order chi connectivity index (χ0) is 19.7. The molecular weight excluding hydrogens is 358 g/mol. The summed E-state index contributed by atoms with van der Waals surface area (Å²) in [6.45, 7) is 1.94. The Labute approximate surface area is 161 Å². The van der Waals surface area contributed by atoms with Gasteiger partial charge in [-0.2, -0.15) is 0 Å². The fourth-order valence-electron chi connectivity index (χ4n) is 3.12. The van der Waals surface area contributed by atoms with Crippen molar-refractivity contribution in [3.8, 4) is 17.1 Å². The van der Waals surface area contributed by atoms with E-state index in [1.165, 1.54) is 0 Å². The fraction of sp³-hybridized carbons (Fsp3) is 0.286. The molecule has 0 spiro atoms. The molecule has 0 radical (unpaired) electrons. The van der Waals surface area contributed by atoms with E-state index in [-0.39, 0.29) is 23.7 Å². The number of amides is 1. The Morgan fingerprint density at radius 2 is 2.14 bits per heavy atom. The number of nitrogens with one attached hydrogen (secondary N) is 1. The molecule has 2 aromatic heterocycles. The van der Waals surface area contributed by atoms with Gasteiger partial charge in [-0.15, -0.1) is 0 Å². The van der Waals surface area contributed by atoms with E-state index in [4.69, 9.17) is 9.26 Å². The molecular formula is C21H21N3O4. The van der Waals surface area contributed by atoms with Crippen LogP contribution >= 0.6 is 0 Å². The van der Waals surface area contributed by atoms with Crippen LogP contribution in [-0.2, 0) is 6.54 Å². The second-order valence-corrected chi connectivity index (χ2v) is 6.91. The van der Waals surface area contributed by atoms with Gasteiger partial charge in [-0.3, -0.25) is 9.59 Å². The monoisotopic (exact) mass is 379 g/mol. The largest absolute Gasteiger partial charge is 0.497 e. The molecule has 4 rings (SSSR count). The van der Waals surface area contributed by atoms with Gasteiger partial charge in [0.05, 0.1) is 13.7 Å². The summed E-state index contributed by atoms with van der Waals surface area (Å²) in [5.41, 5.74) is 2.01. The molecule has 0 atom stereocenters. The van der Waals surface area contributed by atoms with Crippen LogP contribution < -0.4 is 15.6 Å². The molecule has 28 heavy (non-hydrogen) atoms. The summed E-state index contributed by atoms with van der Waals surface area (Å²) in [7, 11) is 1.60. The number of hydrogen-bond acceptors (Lipinski definition) is 5. The lowest BCUT2D eigenvalue weighted by Crippen LogP contribution is -2.33. The van der Waals surface area contributed by atoms with Crippen LogP contribution in [0.3, 0.4) is 0 Å². The van der Waals surface area contributed by atoms with Gasteiger partial charge in [0.25, 0.3) is 11.5 Å². The highest BCUT2D eigenvalue weighted by Gasteiger charge is 2.27. The van der Waals surface area contributed by atoms with Crippen molar-refractivity contribution < 1.29 is 14.1 Å². The maximum absolute atomic E-state index is 12.6. The summed E-state index contributed by atoms with van der Waals surface area (Å²) in [5.74, 6) is 0.897. The number of pyridine rings is 1. The molecule has 1 aliphatic rings. The van der Waals surface area contributed by atoms with Crippen LogP contribution in [0.25, 0.3) is 11.3 Å². The van der Waals surface area contributed by atoms with E-state index in [2.05, 4.69) is 10.5 Å². The number of ether oxygens (including phenoxy) is 1. The Hall–Kier alpha value is -3.35. The number of hydrogen-bond donors (Lipinski definition) is 1. The smallest absolute Gasteiger partial charge is 0.263 e. The van der Waals surface area contributed by atoms with Crippen molar-refractivity contribution in [1.29, 1.82) is 0 Å². The summed E-state index contributed by atoms with van der Waals surface area (Å²) in [6, 6.07) is 11.2. The number of aryl methyl sites for hydroxylation is 1. The third-order valence-electron chi connectivity index (χ3n) is 4.84. The van der Waals surface area contributed by atoms with Gasteiger partial charge >= 0.3 is 0 Å². The van der Waals surface area contributed by atoms with Gasteiger partial charge in [0, 0.05) is 23.9 Å². The van der Waals surface area contributed by atoms with Crippen LogP contribution in [0.2, 0.25) is 0 Å². The van der Waals surface area contributed by atoms with Gasteiger partial charge in [-0.25, -0.2) is 0 Å². The van der Waals surface area contributed by atoms with Gasteiger partial charge < -0.3 is 19.1 Å². The maximum atomic E-state index is 12.6. The minimum absolute atomic E-state index is 0.170. The Balaban J connectivity index is 1.48. The van der Waals surface area contributed by atoms with Crippen LogP contribution in [0.5, 0.6) is 5.75 Å². The predicted octanol–water partition coefficient (Wildman–Crippen LogP) is 3.09. The van der Waals surface area contributed by atoms with E-state index < -0.39 is 5.91 Å². The Bertz CT molecular complexity index is 1080. The first-order valence-corrected chi connectivity index (χ1v) is 9.17. The number of nitrogens with zero attached hydrogens (tertiary/aromatic N) is 2. The van der Waals surface area contributed by atoms with E-state index in [9.17, 15) is 9.59 Å². The third-order valence-corrected chi connectivity index (χ3v) is 4.84. The highest BCUT2D eigenvalue weighted by molar-refractivity contribution is 5.95. The SMILES string of the molecule is COc1cccc(-c2cc(CNC(=O)c3c(C)ccn(C4CC4)c3=O)no2)c1. The van der Waals surface area contributed by atoms with Crippen molar-refractivity contribution in [3.05, 3.63) is 69.8 Å². The Kier molecular flexibility index (Phi) is 4.73. The van der Waals surface area contributed by atoms with Crippen molar-refractivity contribution in [2.45, 2.75) is 32.4 Å². The van der Waals surface area contributed by atoms with Crippen LogP contribution in [0.15, 0.2) is 51.9 Å². The normalized spacial score (nSPS) is 13.4. The van der Waals surface area contributed by atoms with Crippen molar-refractivity contribution in [2.75, 3.05) is 7.11 Å². The molecule has 0 saturated heterocycles. The maximum Gasteiger partial charge on any atom is 0.263 e. The fourth-order valence-corrected chi connectivity index (χ4v) is 3.12. The first kappa shape index (κ1) is 18.0. The molecule has 2 heterocycles. The number of methoxy groups -OCH3 is 1. The summed E-state index contributed by atoms with van der Waals surface area (Å²) >= 11 is 0. The minimum atomic E-state index is -0.400. The lowest BCUT2D eigenvalue weighted by atomic mass is 10.1. The van der Waals surface area contributed by atoms with Crippen molar-refractivity contribution in [2.24, 2.45) is 0 Å². The number of benzene rings is 1.